The summed E-state index contributed by atoms with van der Waals surface area (Å²) in [5.74, 6) is 0. The fourth-order valence-electron chi connectivity index (χ4n) is 0. The quantitative estimate of drug-likeness (QED) is 0.219. The molecule has 162 valence electrons. The second-order valence-corrected chi connectivity index (χ2v) is 0.671. The number of hydrogen-bond donors (Lipinski definition) is 0. The zero-order chi connectivity index (χ0) is 24.4. The van der Waals surface area contributed by atoms with Crippen molar-refractivity contribution in [2.45, 2.75) is 0 Å². The molecule has 0 atom stereocenters. The van der Waals surface area contributed by atoms with Crippen molar-refractivity contribution >= 4 is 0 Å². The summed E-state index contributed by atoms with van der Waals surface area (Å²) in [6.45, 7) is 0. The van der Waals surface area contributed by atoms with Crippen LogP contribution in [0.15, 0.2) is 48.1 Å². The van der Waals surface area contributed by atoms with Crippen LogP contribution in [-0.2, 0) is 48.6 Å². The van der Waals surface area contributed by atoms with Gasteiger partial charge >= 0.3 is 48.6 Å². The van der Waals surface area contributed by atoms with Crippen molar-refractivity contribution in [2.75, 3.05) is 0 Å². The molecule has 0 aliphatic rings. The van der Waals surface area contributed by atoms with E-state index in [-0.39, 0.29) is 48.6 Å². The SMILES string of the molecule is O=N[O-].O=N[O-].O=N[O-].O=N[O-].O=N[O-].O=N[O-].O=N[O-].O=N[O-].O=N[O-].[Nb+5].[Zr+4]. The Balaban J connectivity index is -0.0000000138. The Bertz CT molecular complexity index is 190. The van der Waals surface area contributed by atoms with Crippen molar-refractivity contribution < 1.29 is 48.6 Å². The van der Waals surface area contributed by atoms with Gasteiger partial charge < -0.3 is 91.0 Å². The zero-order valence-corrected chi connectivity index (χ0v) is 17.0. The maximum atomic E-state index is 8.00. The average molecular weight is 598 g/mol. The van der Waals surface area contributed by atoms with Crippen molar-refractivity contribution in [3.8, 4) is 0 Å². The Labute approximate surface area is 187 Å². The molecule has 0 saturated carbocycles. The molecule has 0 saturated heterocycles. The third kappa shape index (κ3) is 839. The van der Waals surface area contributed by atoms with Gasteiger partial charge in [0.25, 0.3) is 0 Å². The average Bonchev–Trinajstić information content (AvgIpc) is 2.53. The van der Waals surface area contributed by atoms with Crippen molar-refractivity contribution in [3.05, 3.63) is 91.0 Å². The van der Waals surface area contributed by atoms with Gasteiger partial charge in [0.2, 0.25) is 0 Å². The molecule has 29 heavy (non-hydrogen) atoms. The largest absolute Gasteiger partial charge is 5.00 e. The fourth-order valence-corrected chi connectivity index (χ4v) is 0. The van der Waals surface area contributed by atoms with Crippen LogP contribution in [0.4, 0.5) is 0 Å². The zero-order valence-electron chi connectivity index (χ0n) is 12.3. The van der Waals surface area contributed by atoms with E-state index >= 15 is 0 Å². The minimum absolute atomic E-state index is 0. The van der Waals surface area contributed by atoms with Gasteiger partial charge in [-0.1, -0.05) is 0 Å². The topological polar surface area (TPSA) is 472 Å². The van der Waals surface area contributed by atoms with E-state index < -0.39 is 0 Å². The van der Waals surface area contributed by atoms with Gasteiger partial charge in [0.15, 0.2) is 0 Å². The summed E-state index contributed by atoms with van der Waals surface area (Å²) in [7, 11) is 0. The van der Waals surface area contributed by atoms with E-state index in [1.807, 2.05) is 0 Å². The molecule has 0 radical (unpaired) electrons. The van der Waals surface area contributed by atoms with Crippen molar-refractivity contribution in [3.63, 3.8) is 0 Å². The van der Waals surface area contributed by atoms with Gasteiger partial charge in [-0.3, -0.25) is 0 Å². The van der Waals surface area contributed by atoms with E-state index in [2.05, 4.69) is 0 Å². The van der Waals surface area contributed by atoms with Crippen LogP contribution in [0, 0.1) is 91.0 Å². The van der Waals surface area contributed by atoms with Gasteiger partial charge in [-0.2, -0.15) is 0 Å². The minimum Gasteiger partial charge on any atom is -0.444 e. The van der Waals surface area contributed by atoms with Gasteiger partial charge in [-0.05, 0) is 0 Å². The first-order valence-electron chi connectivity index (χ1n) is 3.29. The standard InChI is InChI=1S/9HNO2.Nb.Zr/c9*2-1-3;;/h9*(H,2,3);;/q;;;;;;;;;+5;+4/p-9. The van der Waals surface area contributed by atoms with E-state index in [1.165, 1.54) is 0 Å². The molecule has 27 nitrogen and oxygen atoms in total. The molecule has 0 aliphatic carbocycles. The maximum absolute atomic E-state index is 8.00. The van der Waals surface area contributed by atoms with Gasteiger partial charge in [0.1, 0.15) is 0 Å². The summed E-state index contributed by atoms with van der Waals surface area (Å²) >= 11 is 0. The molecule has 29 heteroatoms. The molecule has 0 heterocycles. The Morgan fingerprint density at radius 1 is 0.276 bits per heavy atom. The summed E-state index contributed by atoms with van der Waals surface area (Å²) in [5, 5.41) is 81.0. The van der Waals surface area contributed by atoms with E-state index in [0.717, 1.165) is 48.1 Å². The molecule has 0 aromatic rings. The molecule has 0 aromatic heterocycles. The van der Waals surface area contributed by atoms with Crippen LogP contribution in [0.3, 0.4) is 0 Å². The summed E-state index contributed by atoms with van der Waals surface area (Å²) in [4.78, 5) is 72.0. The monoisotopic (exact) mass is 597 g/mol. The van der Waals surface area contributed by atoms with Crippen LogP contribution in [0.1, 0.15) is 0 Å². The minimum atomic E-state index is 0. The predicted molar refractivity (Wildman–Crippen MR) is 82.5 cm³/mol. The molecule has 0 fully saturated rings. The Hall–Kier alpha value is -3.78. The molecule has 0 rings (SSSR count). The predicted octanol–water partition coefficient (Wildman–Crippen LogP) is 2.25. The van der Waals surface area contributed by atoms with Crippen LogP contribution in [0.2, 0.25) is 0 Å². The van der Waals surface area contributed by atoms with Gasteiger partial charge in [0.05, 0.1) is 0 Å². The first-order chi connectivity index (χ1) is 12.7. The van der Waals surface area contributed by atoms with Crippen LogP contribution in [-0.4, -0.2) is 0 Å². The normalized spacial score (nSPS) is 3.72. The van der Waals surface area contributed by atoms with Crippen molar-refractivity contribution in [1.82, 2.24) is 0 Å². The number of nitrogens with zero attached hydrogens (tertiary/aromatic N) is 9. The van der Waals surface area contributed by atoms with Gasteiger partial charge in [0, 0.05) is 0 Å². The number of rotatable bonds is 0. The first kappa shape index (κ1) is 73.2. The second kappa shape index (κ2) is 479. The fraction of sp³-hybridized carbons (Fsp3) is 0. The van der Waals surface area contributed by atoms with E-state index in [4.69, 9.17) is 91.0 Å². The van der Waals surface area contributed by atoms with Gasteiger partial charge in [-0.15, -0.1) is 48.1 Å². The van der Waals surface area contributed by atoms with E-state index in [1.54, 1.807) is 0 Å². The summed E-state index contributed by atoms with van der Waals surface area (Å²) < 4.78 is 0. The summed E-state index contributed by atoms with van der Waals surface area (Å²) in [6.07, 6.45) is 0. The molecular weight excluding hydrogens is 598 g/mol. The molecule has 0 aromatic carbocycles. The third-order valence-electron chi connectivity index (χ3n) is 0. The van der Waals surface area contributed by atoms with Crippen LogP contribution < -0.4 is 0 Å². The molecule has 0 amide bonds. The first-order valence-corrected chi connectivity index (χ1v) is 3.29. The van der Waals surface area contributed by atoms with Crippen molar-refractivity contribution in [1.29, 1.82) is 0 Å². The Morgan fingerprint density at radius 2 is 0.276 bits per heavy atom. The molecule has 0 N–H and O–H groups in total. The van der Waals surface area contributed by atoms with Crippen LogP contribution in [0.5, 0.6) is 0 Å². The van der Waals surface area contributed by atoms with E-state index in [9.17, 15) is 0 Å². The molecule has 0 unspecified atom stereocenters. The Kier molecular flexibility index (Phi) is 1210. The molecular formula is N9NbO18Zr. The van der Waals surface area contributed by atoms with Crippen LogP contribution in [0.25, 0.3) is 0 Å². The summed E-state index contributed by atoms with van der Waals surface area (Å²) in [6, 6.07) is 0. The summed E-state index contributed by atoms with van der Waals surface area (Å²) in [5.41, 5.74) is 0. The third-order valence-corrected chi connectivity index (χ3v) is 0. The van der Waals surface area contributed by atoms with Gasteiger partial charge in [-0.25, -0.2) is 0 Å². The number of hydrogen-bond acceptors (Lipinski definition) is 27. The smallest absolute Gasteiger partial charge is 0.444 e. The maximum Gasteiger partial charge on any atom is 5.00 e. The molecule has 0 aliphatic heterocycles. The Morgan fingerprint density at radius 3 is 0.276 bits per heavy atom. The second-order valence-electron chi connectivity index (χ2n) is 0.671. The van der Waals surface area contributed by atoms with Crippen molar-refractivity contribution in [2.24, 2.45) is 48.1 Å². The van der Waals surface area contributed by atoms with E-state index in [0.29, 0.717) is 0 Å². The molecule has 0 bridgehead atoms. The van der Waals surface area contributed by atoms with Crippen LogP contribution >= 0.6 is 0 Å². The molecule has 0 spiro atoms.